The maximum atomic E-state index is 5.51. The molecule has 0 aromatic carbocycles. The summed E-state index contributed by atoms with van der Waals surface area (Å²) < 4.78 is 10.7. The molecule has 146 valence electrons. The zero-order valence-corrected chi connectivity index (χ0v) is 16.7. The van der Waals surface area contributed by atoms with Crippen LogP contribution < -0.4 is 15.4 Å². The molecule has 1 fully saturated rings. The molecule has 8 heteroatoms. The number of morpholine rings is 1. The van der Waals surface area contributed by atoms with Crippen molar-refractivity contribution in [3.8, 4) is 5.88 Å². The third-order valence-electron chi connectivity index (χ3n) is 4.47. The number of nitrogens with zero attached hydrogens (tertiary/aromatic N) is 3. The fourth-order valence-corrected chi connectivity index (χ4v) is 3.90. The van der Waals surface area contributed by atoms with Crippen LogP contribution in [0.1, 0.15) is 16.6 Å². The van der Waals surface area contributed by atoms with Crippen molar-refractivity contribution in [3.63, 3.8) is 0 Å². The molecule has 3 rings (SSSR count). The van der Waals surface area contributed by atoms with Crippen LogP contribution in [0.2, 0.25) is 0 Å². The van der Waals surface area contributed by atoms with Crippen LogP contribution in [0.5, 0.6) is 5.88 Å². The summed E-state index contributed by atoms with van der Waals surface area (Å²) in [4.78, 5) is 12.6. The highest BCUT2D eigenvalue weighted by molar-refractivity contribution is 7.10. The molecule has 0 spiro atoms. The van der Waals surface area contributed by atoms with E-state index in [1.165, 1.54) is 4.88 Å². The number of methoxy groups -OCH3 is 1. The molecule has 1 saturated heterocycles. The van der Waals surface area contributed by atoms with Gasteiger partial charge in [0.15, 0.2) is 5.96 Å². The average molecular weight is 390 g/mol. The van der Waals surface area contributed by atoms with E-state index in [4.69, 9.17) is 9.47 Å². The number of pyridine rings is 1. The molecule has 0 radical (unpaired) electrons. The van der Waals surface area contributed by atoms with Crippen molar-refractivity contribution in [1.29, 1.82) is 0 Å². The summed E-state index contributed by atoms with van der Waals surface area (Å²) in [6, 6.07) is 10.3. The van der Waals surface area contributed by atoms with E-state index in [0.717, 1.165) is 44.5 Å². The normalized spacial score (nSPS) is 16.7. The minimum atomic E-state index is 0.308. The van der Waals surface area contributed by atoms with Gasteiger partial charge in [-0.1, -0.05) is 12.1 Å². The van der Waals surface area contributed by atoms with Crippen LogP contribution in [-0.4, -0.2) is 62.8 Å². The molecule has 0 amide bonds. The van der Waals surface area contributed by atoms with Crippen LogP contribution in [-0.2, 0) is 11.3 Å². The third kappa shape index (κ3) is 5.66. The SMILES string of the molecule is CN=C(NCc1cccc(OC)n1)NCC(c1cccs1)N1CCOCC1. The summed E-state index contributed by atoms with van der Waals surface area (Å²) in [5.41, 5.74) is 0.903. The lowest BCUT2D eigenvalue weighted by Crippen LogP contribution is -2.46. The van der Waals surface area contributed by atoms with E-state index in [9.17, 15) is 0 Å². The lowest BCUT2D eigenvalue weighted by atomic mass is 10.2. The minimum absolute atomic E-state index is 0.308. The van der Waals surface area contributed by atoms with Gasteiger partial charge in [-0.3, -0.25) is 9.89 Å². The summed E-state index contributed by atoms with van der Waals surface area (Å²) in [5, 5.41) is 8.91. The molecule has 27 heavy (non-hydrogen) atoms. The summed E-state index contributed by atoms with van der Waals surface area (Å²) >= 11 is 1.79. The van der Waals surface area contributed by atoms with Crippen molar-refractivity contribution in [3.05, 3.63) is 46.3 Å². The number of aromatic nitrogens is 1. The van der Waals surface area contributed by atoms with Gasteiger partial charge < -0.3 is 20.1 Å². The Morgan fingerprint density at radius 3 is 2.85 bits per heavy atom. The quantitative estimate of drug-likeness (QED) is 0.557. The van der Waals surface area contributed by atoms with Crippen LogP contribution in [0.4, 0.5) is 0 Å². The van der Waals surface area contributed by atoms with Crippen molar-refractivity contribution in [2.75, 3.05) is 47.0 Å². The van der Waals surface area contributed by atoms with E-state index in [1.54, 1.807) is 25.5 Å². The molecule has 1 aliphatic heterocycles. The number of guanidine groups is 1. The Labute approximate surface area is 164 Å². The Hall–Kier alpha value is -2.16. The van der Waals surface area contributed by atoms with Crippen molar-refractivity contribution >= 4 is 17.3 Å². The fraction of sp³-hybridized carbons (Fsp3) is 0.474. The van der Waals surface area contributed by atoms with Gasteiger partial charge in [-0.2, -0.15) is 0 Å². The number of hydrogen-bond acceptors (Lipinski definition) is 6. The number of aliphatic imine (C=N–C) groups is 1. The van der Waals surface area contributed by atoms with Crippen LogP contribution in [0.15, 0.2) is 40.7 Å². The lowest BCUT2D eigenvalue weighted by Gasteiger charge is -2.34. The number of rotatable bonds is 7. The van der Waals surface area contributed by atoms with Gasteiger partial charge >= 0.3 is 0 Å². The molecule has 1 unspecified atom stereocenters. The molecular weight excluding hydrogens is 362 g/mol. The molecule has 7 nitrogen and oxygen atoms in total. The second-order valence-corrected chi connectivity index (χ2v) is 7.14. The lowest BCUT2D eigenvalue weighted by molar-refractivity contribution is 0.0177. The first-order valence-corrected chi connectivity index (χ1v) is 9.97. The van der Waals surface area contributed by atoms with Gasteiger partial charge in [0.25, 0.3) is 0 Å². The highest BCUT2D eigenvalue weighted by atomic mass is 32.1. The molecule has 0 bridgehead atoms. The predicted molar refractivity (Wildman–Crippen MR) is 108 cm³/mol. The monoisotopic (exact) mass is 389 g/mol. The molecule has 1 aliphatic rings. The third-order valence-corrected chi connectivity index (χ3v) is 5.45. The van der Waals surface area contributed by atoms with Gasteiger partial charge in [-0.25, -0.2) is 4.98 Å². The van der Waals surface area contributed by atoms with Crippen LogP contribution in [0.25, 0.3) is 0 Å². The number of ether oxygens (including phenoxy) is 2. The largest absolute Gasteiger partial charge is 0.481 e. The Morgan fingerprint density at radius 1 is 1.30 bits per heavy atom. The van der Waals surface area contributed by atoms with E-state index in [1.807, 2.05) is 18.2 Å². The molecule has 3 heterocycles. The van der Waals surface area contributed by atoms with Crippen LogP contribution in [0.3, 0.4) is 0 Å². The molecule has 2 aromatic rings. The summed E-state index contributed by atoms with van der Waals surface area (Å²) in [6.45, 7) is 4.84. The molecular formula is C19H27N5O2S. The number of nitrogens with one attached hydrogen (secondary N) is 2. The van der Waals surface area contributed by atoms with E-state index < -0.39 is 0 Å². The fourth-order valence-electron chi connectivity index (χ4n) is 3.04. The van der Waals surface area contributed by atoms with Crippen molar-refractivity contribution in [2.45, 2.75) is 12.6 Å². The Morgan fingerprint density at radius 2 is 2.15 bits per heavy atom. The maximum Gasteiger partial charge on any atom is 0.213 e. The van der Waals surface area contributed by atoms with Gasteiger partial charge in [0, 0.05) is 37.6 Å². The zero-order chi connectivity index (χ0) is 18.9. The number of thiophene rings is 1. The first kappa shape index (κ1) is 19.6. The first-order chi connectivity index (χ1) is 13.3. The van der Waals surface area contributed by atoms with E-state index in [2.05, 4.69) is 43.0 Å². The minimum Gasteiger partial charge on any atom is -0.481 e. The Bertz CT molecular complexity index is 717. The summed E-state index contributed by atoms with van der Waals surface area (Å²) in [7, 11) is 3.40. The van der Waals surface area contributed by atoms with Gasteiger partial charge in [0.1, 0.15) is 0 Å². The van der Waals surface area contributed by atoms with Gasteiger partial charge in [-0.05, 0) is 17.5 Å². The van der Waals surface area contributed by atoms with Gasteiger partial charge in [0.05, 0.1) is 38.6 Å². The average Bonchev–Trinajstić information content (AvgIpc) is 3.26. The highest BCUT2D eigenvalue weighted by Crippen LogP contribution is 2.25. The molecule has 0 saturated carbocycles. The summed E-state index contributed by atoms with van der Waals surface area (Å²) in [6.07, 6.45) is 0. The van der Waals surface area contributed by atoms with Crippen LogP contribution in [0, 0.1) is 0 Å². The van der Waals surface area contributed by atoms with Gasteiger partial charge in [-0.15, -0.1) is 11.3 Å². The first-order valence-electron chi connectivity index (χ1n) is 9.10. The van der Waals surface area contributed by atoms with E-state index in [-0.39, 0.29) is 0 Å². The van der Waals surface area contributed by atoms with Crippen molar-refractivity contribution in [1.82, 2.24) is 20.5 Å². The summed E-state index contributed by atoms with van der Waals surface area (Å²) in [5.74, 6) is 1.37. The second kappa shape index (κ2) is 10.2. The zero-order valence-electron chi connectivity index (χ0n) is 15.9. The highest BCUT2D eigenvalue weighted by Gasteiger charge is 2.23. The molecule has 1 atom stereocenters. The number of hydrogen-bond donors (Lipinski definition) is 2. The molecule has 0 aliphatic carbocycles. The van der Waals surface area contributed by atoms with E-state index >= 15 is 0 Å². The van der Waals surface area contributed by atoms with Gasteiger partial charge in [0.2, 0.25) is 5.88 Å². The topological polar surface area (TPSA) is 71.0 Å². The molecule has 2 N–H and O–H groups in total. The molecule has 2 aromatic heterocycles. The Balaban J connectivity index is 1.57. The smallest absolute Gasteiger partial charge is 0.213 e. The van der Waals surface area contributed by atoms with Crippen LogP contribution >= 0.6 is 11.3 Å². The standard InChI is InChI=1S/C19H27N5O2S/c1-20-19(21-13-15-5-3-7-18(23-15)25-2)22-14-16(17-6-4-12-27-17)24-8-10-26-11-9-24/h3-7,12,16H,8-11,13-14H2,1-2H3,(H2,20,21,22). The maximum absolute atomic E-state index is 5.51. The Kier molecular flexibility index (Phi) is 7.44. The van der Waals surface area contributed by atoms with Crippen molar-refractivity contribution < 1.29 is 9.47 Å². The predicted octanol–water partition coefficient (Wildman–Crippen LogP) is 1.89. The van der Waals surface area contributed by atoms with Crippen molar-refractivity contribution in [2.24, 2.45) is 4.99 Å². The second-order valence-electron chi connectivity index (χ2n) is 6.16. The van der Waals surface area contributed by atoms with E-state index in [0.29, 0.717) is 18.5 Å².